The molecule has 2 N–H and O–H groups in total. The van der Waals surface area contributed by atoms with Crippen LogP contribution in [0.25, 0.3) is 10.8 Å². The Labute approximate surface area is 161 Å². The largest absolute Gasteiger partial charge is 0.352 e. The highest BCUT2D eigenvalue weighted by atomic mass is 16.2. The first kappa shape index (κ1) is 19.4. The Kier molecular flexibility index (Phi) is 6.49. The van der Waals surface area contributed by atoms with Gasteiger partial charge in [-0.05, 0) is 35.1 Å². The molecule has 1 aliphatic carbocycles. The molecule has 2 amide bonds. The first-order valence-electron chi connectivity index (χ1n) is 10.1. The number of fused-ring (bicyclic) bond motifs is 1. The molecule has 1 atom stereocenters. The molecule has 0 spiro atoms. The van der Waals surface area contributed by atoms with Crippen molar-refractivity contribution in [2.75, 3.05) is 0 Å². The van der Waals surface area contributed by atoms with E-state index in [1.54, 1.807) is 0 Å². The van der Waals surface area contributed by atoms with Crippen LogP contribution < -0.4 is 10.6 Å². The second-order valence-electron chi connectivity index (χ2n) is 7.99. The summed E-state index contributed by atoms with van der Waals surface area (Å²) in [6.07, 6.45) is 5.97. The number of nitrogens with one attached hydrogen (secondary N) is 2. The average Bonchev–Trinajstić information content (AvgIpc) is 2.66. The topological polar surface area (TPSA) is 58.2 Å². The molecule has 0 saturated heterocycles. The van der Waals surface area contributed by atoms with E-state index in [0.717, 1.165) is 29.2 Å². The van der Waals surface area contributed by atoms with Crippen LogP contribution in [0.3, 0.4) is 0 Å². The van der Waals surface area contributed by atoms with Crippen LogP contribution in [0.4, 0.5) is 0 Å². The van der Waals surface area contributed by atoms with Crippen LogP contribution in [0.5, 0.6) is 0 Å². The van der Waals surface area contributed by atoms with E-state index < -0.39 is 6.04 Å². The summed E-state index contributed by atoms with van der Waals surface area (Å²) in [4.78, 5) is 25.3. The number of carbonyl (C=O) groups excluding carboxylic acids is 2. The zero-order chi connectivity index (χ0) is 19.2. The van der Waals surface area contributed by atoms with E-state index in [-0.39, 0.29) is 30.2 Å². The summed E-state index contributed by atoms with van der Waals surface area (Å²) < 4.78 is 0. The molecule has 1 aliphatic rings. The molecule has 0 aromatic heterocycles. The van der Waals surface area contributed by atoms with E-state index in [9.17, 15) is 9.59 Å². The zero-order valence-electron chi connectivity index (χ0n) is 16.3. The molecule has 4 nitrogen and oxygen atoms in total. The smallest absolute Gasteiger partial charge is 0.243 e. The minimum absolute atomic E-state index is 0.0501. The monoisotopic (exact) mass is 366 g/mol. The van der Waals surface area contributed by atoms with Crippen molar-refractivity contribution >= 4 is 22.6 Å². The summed E-state index contributed by atoms with van der Waals surface area (Å²) in [6, 6.07) is 13.9. The summed E-state index contributed by atoms with van der Waals surface area (Å²) >= 11 is 0. The zero-order valence-corrected chi connectivity index (χ0v) is 16.3. The van der Waals surface area contributed by atoms with Crippen LogP contribution in [-0.4, -0.2) is 23.9 Å². The Morgan fingerprint density at radius 3 is 2.41 bits per heavy atom. The summed E-state index contributed by atoms with van der Waals surface area (Å²) in [5.74, 6) is -0.110. The lowest BCUT2D eigenvalue weighted by molar-refractivity contribution is -0.130. The predicted molar refractivity (Wildman–Crippen MR) is 109 cm³/mol. The molecule has 1 saturated carbocycles. The quantitative estimate of drug-likeness (QED) is 0.813. The fourth-order valence-electron chi connectivity index (χ4n) is 3.83. The molecule has 0 radical (unpaired) electrons. The van der Waals surface area contributed by atoms with Gasteiger partial charge in [-0.1, -0.05) is 75.6 Å². The maximum Gasteiger partial charge on any atom is 0.243 e. The molecule has 0 heterocycles. The highest BCUT2D eigenvalue weighted by molar-refractivity contribution is 5.89. The number of hydrogen-bond acceptors (Lipinski definition) is 2. The van der Waals surface area contributed by atoms with Gasteiger partial charge < -0.3 is 10.6 Å². The van der Waals surface area contributed by atoms with Gasteiger partial charge in [0.25, 0.3) is 0 Å². The van der Waals surface area contributed by atoms with Crippen molar-refractivity contribution in [1.29, 1.82) is 0 Å². The van der Waals surface area contributed by atoms with Crippen molar-refractivity contribution < 1.29 is 9.59 Å². The van der Waals surface area contributed by atoms with Gasteiger partial charge in [0.15, 0.2) is 0 Å². The first-order chi connectivity index (χ1) is 13.0. The molecular weight excluding hydrogens is 336 g/mol. The van der Waals surface area contributed by atoms with Gasteiger partial charge in [-0.15, -0.1) is 0 Å². The molecule has 1 fully saturated rings. The van der Waals surface area contributed by atoms with Crippen molar-refractivity contribution in [3.63, 3.8) is 0 Å². The van der Waals surface area contributed by atoms with E-state index in [1.165, 1.54) is 19.3 Å². The summed E-state index contributed by atoms with van der Waals surface area (Å²) in [7, 11) is 0. The van der Waals surface area contributed by atoms with Crippen LogP contribution in [0.15, 0.2) is 42.5 Å². The number of hydrogen-bond donors (Lipinski definition) is 2. The highest BCUT2D eigenvalue weighted by Gasteiger charge is 2.26. The van der Waals surface area contributed by atoms with Gasteiger partial charge in [0.2, 0.25) is 11.8 Å². The van der Waals surface area contributed by atoms with Crippen LogP contribution in [0.1, 0.15) is 51.5 Å². The Morgan fingerprint density at radius 1 is 1.00 bits per heavy atom. The van der Waals surface area contributed by atoms with E-state index in [1.807, 2.05) is 50.2 Å². The number of carbonyl (C=O) groups is 2. The summed E-state index contributed by atoms with van der Waals surface area (Å²) in [5, 5.41) is 8.38. The van der Waals surface area contributed by atoms with Gasteiger partial charge >= 0.3 is 0 Å². The maximum atomic E-state index is 12.7. The second kappa shape index (κ2) is 9.03. The molecule has 0 bridgehead atoms. The van der Waals surface area contributed by atoms with E-state index in [2.05, 4.69) is 16.7 Å². The Balaban J connectivity index is 1.60. The predicted octanol–water partition coefficient (Wildman–Crippen LogP) is 3.97. The van der Waals surface area contributed by atoms with Crippen molar-refractivity contribution in [3.8, 4) is 0 Å². The van der Waals surface area contributed by atoms with Gasteiger partial charge in [-0.3, -0.25) is 9.59 Å². The van der Waals surface area contributed by atoms with E-state index in [4.69, 9.17) is 0 Å². The lowest BCUT2D eigenvalue weighted by Gasteiger charge is -2.27. The minimum atomic E-state index is -0.486. The first-order valence-corrected chi connectivity index (χ1v) is 10.1. The van der Waals surface area contributed by atoms with Crippen LogP contribution in [0.2, 0.25) is 0 Å². The number of benzene rings is 2. The third-order valence-electron chi connectivity index (χ3n) is 5.40. The van der Waals surface area contributed by atoms with Crippen LogP contribution >= 0.6 is 0 Å². The second-order valence-corrected chi connectivity index (χ2v) is 7.99. The molecule has 4 heteroatoms. The van der Waals surface area contributed by atoms with Gasteiger partial charge in [0.05, 0.1) is 6.42 Å². The van der Waals surface area contributed by atoms with Gasteiger partial charge in [0, 0.05) is 6.04 Å². The molecule has 2 aromatic carbocycles. The maximum absolute atomic E-state index is 12.7. The fourth-order valence-corrected chi connectivity index (χ4v) is 3.83. The molecular formula is C23H30N2O2. The molecule has 27 heavy (non-hydrogen) atoms. The summed E-state index contributed by atoms with van der Waals surface area (Å²) in [5.41, 5.74) is 0.960. The van der Waals surface area contributed by atoms with E-state index in [0.29, 0.717) is 0 Å². The molecule has 3 rings (SSSR count). The van der Waals surface area contributed by atoms with Crippen LogP contribution in [0, 0.1) is 5.92 Å². The lowest BCUT2D eigenvalue weighted by Crippen LogP contribution is -2.52. The molecule has 2 aromatic rings. The highest BCUT2D eigenvalue weighted by Crippen LogP contribution is 2.18. The minimum Gasteiger partial charge on any atom is -0.352 e. The van der Waals surface area contributed by atoms with Gasteiger partial charge in [-0.2, -0.15) is 0 Å². The Bertz CT molecular complexity index is 794. The van der Waals surface area contributed by atoms with Crippen molar-refractivity contribution in [2.45, 2.75) is 64.5 Å². The molecule has 144 valence electrons. The standard InChI is InChI=1S/C23H30N2O2/c1-16(2)22(23(27)24-20-10-4-3-5-11-20)25-21(26)15-17-12-13-18-8-6-7-9-19(18)14-17/h6-9,12-14,16,20,22H,3-5,10-11,15H2,1-2H3,(H,24,27)(H,25,26)/t22-/m0/s1. The molecule has 0 aliphatic heterocycles. The van der Waals surface area contributed by atoms with Gasteiger partial charge in [0.1, 0.15) is 6.04 Å². The normalized spacial score (nSPS) is 16.3. The Morgan fingerprint density at radius 2 is 1.70 bits per heavy atom. The number of amides is 2. The SMILES string of the molecule is CC(C)[C@H](NC(=O)Cc1ccc2ccccc2c1)C(=O)NC1CCCCC1. The van der Waals surface area contributed by atoms with Crippen LogP contribution in [-0.2, 0) is 16.0 Å². The Hall–Kier alpha value is -2.36. The average molecular weight is 367 g/mol. The van der Waals surface area contributed by atoms with Crippen molar-refractivity contribution in [3.05, 3.63) is 48.0 Å². The van der Waals surface area contributed by atoms with Crippen molar-refractivity contribution in [1.82, 2.24) is 10.6 Å². The number of rotatable bonds is 6. The van der Waals surface area contributed by atoms with Crippen molar-refractivity contribution in [2.24, 2.45) is 5.92 Å². The third kappa shape index (κ3) is 5.31. The van der Waals surface area contributed by atoms with Gasteiger partial charge in [-0.25, -0.2) is 0 Å². The third-order valence-corrected chi connectivity index (χ3v) is 5.40. The lowest BCUT2D eigenvalue weighted by atomic mass is 9.94. The summed E-state index contributed by atoms with van der Waals surface area (Å²) in [6.45, 7) is 3.95. The fraction of sp³-hybridized carbons (Fsp3) is 0.478. The molecule has 0 unspecified atom stereocenters. The van der Waals surface area contributed by atoms with E-state index >= 15 is 0 Å².